The molecule has 0 amide bonds. The van der Waals surface area contributed by atoms with E-state index in [9.17, 15) is 0 Å². The molecule has 122 valence electrons. The van der Waals surface area contributed by atoms with Gasteiger partial charge in [-0.25, -0.2) is 0 Å². The molecular formula is C20H16Br2O2. The molecule has 2 nitrogen and oxygen atoms in total. The van der Waals surface area contributed by atoms with E-state index in [1.807, 2.05) is 72.8 Å². The summed E-state index contributed by atoms with van der Waals surface area (Å²) in [5, 5.41) is 0. The predicted octanol–water partition coefficient (Wildman–Crippen LogP) is 6.37. The zero-order valence-corrected chi connectivity index (χ0v) is 16.1. The van der Waals surface area contributed by atoms with E-state index in [-0.39, 0.29) is 0 Å². The van der Waals surface area contributed by atoms with Gasteiger partial charge in [0, 0.05) is 26.1 Å². The van der Waals surface area contributed by atoms with Crippen LogP contribution in [0.3, 0.4) is 0 Å². The van der Waals surface area contributed by atoms with E-state index in [1.54, 1.807) is 0 Å². The monoisotopic (exact) mass is 446 g/mol. The zero-order chi connectivity index (χ0) is 16.8. The standard InChI is InChI=1S/C20H16Br2O2/c21-19-10-3-1-6-15(19)13-23-17-8-5-9-18(12-17)24-14-16-7-2-4-11-20(16)22/h1-12H,13-14H2. The summed E-state index contributed by atoms with van der Waals surface area (Å²) in [4.78, 5) is 0. The van der Waals surface area contributed by atoms with E-state index in [4.69, 9.17) is 9.47 Å². The second-order valence-corrected chi connectivity index (χ2v) is 6.94. The van der Waals surface area contributed by atoms with Crippen molar-refractivity contribution in [2.24, 2.45) is 0 Å². The van der Waals surface area contributed by atoms with Crippen LogP contribution in [0.4, 0.5) is 0 Å². The summed E-state index contributed by atoms with van der Waals surface area (Å²) in [5.74, 6) is 1.57. The molecule has 0 spiro atoms. The molecule has 0 radical (unpaired) electrons. The molecule has 24 heavy (non-hydrogen) atoms. The third-order valence-electron chi connectivity index (χ3n) is 3.51. The first kappa shape index (κ1) is 17.1. The average molecular weight is 448 g/mol. The summed E-state index contributed by atoms with van der Waals surface area (Å²) in [6.07, 6.45) is 0. The highest BCUT2D eigenvalue weighted by Gasteiger charge is 2.03. The minimum Gasteiger partial charge on any atom is -0.489 e. The van der Waals surface area contributed by atoms with Crippen molar-refractivity contribution >= 4 is 31.9 Å². The van der Waals surface area contributed by atoms with Crippen LogP contribution in [0.15, 0.2) is 81.7 Å². The van der Waals surface area contributed by atoms with Gasteiger partial charge in [-0.2, -0.15) is 0 Å². The lowest BCUT2D eigenvalue weighted by Crippen LogP contribution is -1.98. The Bertz CT molecular complexity index is 753. The van der Waals surface area contributed by atoms with Gasteiger partial charge in [0.25, 0.3) is 0 Å². The van der Waals surface area contributed by atoms with E-state index in [0.29, 0.717) is 13.2 Å². The van der Waals surface area contributed by atoms with Gasteiger partial charge in [-0.1, -0.05) is 74.3 Å². The van der Waals surface area contributed by atoms with E-state index >= 15 is 0 Å². The minimum atomic E-state index is 0.509. The lowest BCUT2D eigenvalue weighted by molar-refractivity contribution is 0.289. The molecule has 0 unspecified atom stereocenters. The number of rotatable bonds is 6. The molecule has 3 aromatic carbocycles. The summed E-state index contributed by atoms with van der Waals surface area (Å²) < 4.78 is 13.8. The lowest BCUT2D eigenvalue weighted by atomic mass is 10.2. The molecule has 4 heteroatoms. The number of ether oxygens (including phenoxy) is 2. The van der Waals surface area contributed by atoms with E-state index in [2.05, 4.69) is 31.9 Å². The largest absolute Gasteiger partial charge is 0.489 e. The number of hydrogen-bond donors (Lipinski definition) is 0. The summed E-state index contributed by atoms with van der Waals surface area (Å²) >= 11 is 7.07. The van der Waals surface area contributed by atoms with Crippen LogP contribution in [0.2, 0.25) is 0 Å². The van der Waals surface area contributed by atoms with E-state index in [1.165, 1.54) is 0 Å². The van der Waals surface area contributed by atoms with Crippen LogP contribution in [-0.2, 0) is 13.2 Å². The molecule has 0 aliphatic carbocycles. The van der Waals surface area contributed by atoms with Crippen molar-refractivity contribution in [3.05, 3.63) is 92.9 Å². The molecule has 0 heterocycles. The third kappa shape index (κ3) is 4.62. The fraction of sp³-hybridized carbons (Fsp3) is 0.100. The Morgan fingerprint density at radius 1 is 0.583 bits per heavy atom. The highest BCUT2D eigenvalue weighted by molar-refractivity contribution is 9.10. The molecule has 0 saturated heterocycles. The maximum absolute atomic E-state index is 5.87. The second kappa shape index (κ2) is 8.36. The molecule has 0 atom stereocenters. The van der Waals surface area contributed by atoms with Crippen molar-refractivity contribution in [3.8, 4) is 11.5 Å². The zero-order valence-electron chi connectivity index (χ0n) is 12.9. The van der Waals surface area contributed by atoms with Gasteiger partial charge >= 0.3 is 0 Å². The van der Waals surface area contributed by atoms with Crippen molar-refractivity contribution in [1.29, 1.82) is 0 Å². The smallest absolute Gasteiger partial charge is 0.123 e. The van der Waals surface area contributed by atoms with Crippen LogP contribution in [0.1, 0.15) is 11.1 Å². The maximum Gasteiger partial charge on any atom is 0.123 e. The van der Waals surface area contributed by atoms with Crippen LogP contribution in [0, 0.1) is 0 Å². The Morgan fingerprint density at radius 2 is 1.04 bits per heavy atom. The second-order valence-electron chi connectivity index (χ2n) is 5.24. The Balaban J connectivity index is 1.62. The van der Waals surface area contributed by atoms with Gasteiger partial charge in [-0.15, -0.1) is 0 Å². The first-order chi connectivity index (χ1) is 11.7. The number of halogens is 2. The molecule has 0 saturated carbocycles. The van der Waals surface area contributed by atoms with Crippen LogP contribution < -0.4 is 9.47 Å². The van der Waals surface area contributed by atoms with Gasteiger partial charge < -0.3 is 9.47 Å². The van der Waals surface area contributed by atoms with Crippen molar-refractivity contribution < 1.29 is 9.47 Å². The normalized spacial score (nSPS) is 10.4. The highest BCUT2D eigenvalue weighted by Crippen LogP contribution is 2.24. The molecular weight excluding hydrogens is 432 g/mol. The number of benzene rings is 3. The Hall–Kier alpha value is -1.78. The summed E-state index contributed by atoms with van der Waals surface area (Å²) in [5.41, 5.74) is 2.22. The lowest BCUT2D eigenvalue weighted by Gasteiger charge is -2.11. The molecule has 3 aromatic rings. The van der Waals surface area contributed by atoms with Crippen molar-refractivity contribution in [1.82, 2.24) is 0 Å². The molecule has 0 aliphatic rings. The molecule has 3 rings (SSSR count). The SMILES string of the molecule is Brc1ccccc1COc1cccc(OCc2ccccc2Br)c1. The Morgan fingerprint density at radius 3 is 1.50 bits per heavy atom. The summed E-state index contributed by atoms with van der Waals surface area (Å²) in [6, 6.07) is 23.8. The Labute approximate surface area is 158 Å². The van der Waals surface area contributed by atoms with Crippen LogP contribution in [-0.4, -0.2) is 0 Å². The van der Waals surface area contributed by atoms with Crippen molar-refractivity contribution in [2.45, 2.75) is 13.2 Å². The van der Waals surface area contributed by atoms with E-state index in [0.717, 1.165) is 31.6 Å². The van der Waals surface area contributed by atoms with Gasteiger partial charge in [0.05, 0.1) is 0 Å². The number of hydrogen-bond acceptors (Lipinski definition) is 2. The molecule has 0 N–H and O–H groups in total. The van der Waals surface area contributed by atoms with Crippen molar-refractivity contribution in [3.63, 3.8) is 0 Å². The minimum absolute atomic E-state index is 0.509. The van der Waals surface area contributed by atoms with Gasteiger partial charge in [0.1, 0.15) is 24.7 Å². The maximum atomic E-state index is 5.87. The quantitative estimate of drug-likeness (QED) is 0.437. The van der Waals surface area contributed by atoms with E-state index < -0.39 is 0 Å². The van der Waals surface area contributed by atoms with Gasteiger partial charge in [-0.3, -0.25) is 0 Å². The summed E-state index contributed by atoms with van der Waals surface area (Å²) in [7, 11) is 0. The van der Waals surface area contributed by atoms with Crippen LogP contribution >= 0.6 is 31.9 Å². The van der Waals surface area contributed by atoms with Crippen LogP contribution in [0.25, 0.3) is 0 Å². The topological polar surface area (TPSA) is 18.5 Å². The molecule has 0 fully saturated rings. The van der Waals surface area contributed by atoms with Gasteiger partial charge in [0.15, 0.2) is 0 Å². The fourth-order valence-corrected chi connectivity index (χ4v) is 3.01. The predicted molar refractivity (Wildman–Crippen MR) is 103 cm³/mol. The first-order valence-corrected chi connectivity index (χ1v) is 9.13. The molecule has 0 aromatic heterocycles. The van der Waals surface area contributed by atoms with Crippen molar-refractivity contribution in [2.75, 3.05) is 0 Å². The van der Waals surface area contributed by atoms with Crippen LogP contribution in [0.5, 0.6) is 11.5 Å². The highest BCUT2D eigenvalue weighted by atomic mass is 79.9. The first-order valence-electron chi connectivity index (χ1n) is 7.55. The molecule has 0 aliphatic heterocycles. The average Bonchev–Trinajstić information content (AvgIpc) is 2.61. The Kier molecular flexibility index (Phi) is 5.94. The third-order valence-corrected chi connectivity index (χ3v) is 5.06. The summed E-state index contributed by atoms with van der Waals surface area (Å²) in [6.45, 7) is 1.02. The fourth-order valence-electron chi connectivity index (χ4n) is 2.21. The van der Waals surface area contributed by atoms with Gasteiger partial charge in [-0.05, 0) is 24.3 Å². The molecule has 0 bridgehead atoms. The van der Waals surface area contributed by atoms with Gasteiger partial charge in [0.2, 0.25) is 0 Å².